The average Bonchev–Trinajstić information content (AvgIpc) is 2.88. The zero-order valence-corrected chi connectivity index (χ0v) is 26.5. The van der Waals surface area contributed by atoms with Gasteiger partial charge in [0.15, 0.2) is 17.3 Å². The summed E-state index contributed by atoms with van der Waals surface area (Å²) in [6.07, 6.45) is 0.691. The number of nitrogens with two attached hydrogens (primary N) is 1. The highest BCUT2D eigenvalue weighted by atomic mass is 16.5. The summed E-state index contributed by atoms with van der Waals surface area (Å²) in [6.45, 7) is 7.57. The molecule has 0 unspecified atom stereocenters. The third-order valence-corrected chi connectivity index (χ3v) is 9.10. The van der Waals surface area contributed by atoms with Crippen LogP contribution < -0.4 is 20.7 Å². The molecular weight excluding hydrogens is 552 g/mol. The van der Waals surface area contributed by atoms with Gasteiger partial charge in [-0.25, -0.2) is 0 Å². The molecule has 0 saturated heterocycles. The molecule has 0 bridgehead atoms. The molecule has 1 amide bonds. The third kappa shape index (κ3) is 5.22. The fraction of sp³-hybridized carbons (Fsp3) is 0.562. The van der Waals surface area contributed by atoms with Gasteiger partial charge in [0.1, 0.15) is 22.8 Å². The first-order valence-electron chi connectivity index (χ1n) is 14.5. The van der Waals surface area contributed by atoms with Crippen LogP contribution in [0.25, 0.3) is 5.76 Å². The van der Waals surface area contributed by atoms with Crippen molar-refractivity contribution >= 4 is 34.7 Å². The topological polar surface area (TPSA) is 162 Å². The lowest BCUT2D eigenvalue weighted by molar-refractivity contribution is -0.139. The number of methoxy groups -OCH3 is 1. The maximum atomic E-state index is 14.4. The standard InChI is InChI=1S/C32H44N4O7/c1-31(2,3)34-14-17(37)10-16-13-20(35(5)6)18-11-15-12-19-24(36(7)8)26(39)23(30(33)42)29(41)32(19,4)28(40)21(15)25(38)22(18)27(16)43-9/h13,15,19,24,34,38,41H,10-12,14H2,1-9H3,(H2,33,42)/t15-,19-,24-,32+/m0/s1. The number of carbonyl (C=O) groups is 4. The van der Waals surface area contributed by atoms with Gasteiger partial charge in [-0.15, -0.1) is 0 Å². The number of aliphatic hydroxyl groups is 2. The van der Waals surface area contributed by atoms with Gasteiger partial charge in [-0.3, -0.25) is 24.1 Å². The summed E-state index contributed by atoms with van der Waals surface area (Å²) < 4.78 is 5.81. The van der Waals surface area contributed by atoms with Gasteiger partial charge in [0.2, 0.25) is 0 Å². The van der Waals surface area contributed by atoms with Gasteiger partial charge in [0, 0.05) is 48.8 Å². The summed E-state index contributed by atoms with van der Waals surface area (Å²) >= 11 is 0. The molecule has 3 aliphatic carbocycles. The number of Topliss-reactive ketones (excluding diaryl/α,β-unsaturated/α-hetero) is 3. The van der Waals surface area contributed by atoms with Crippen LogP contribution in [0.4, 0.5) is 5.69 Å². The monoisotopic (exact) mass is 596 g/mol. The molecule has 0 aromatic heterocycles. The molecule has 0 heterocycles. The van der Waals surface area contributed by atoms with Crippen LogP contribution in [0.3, 0.4) is 0 Å². The number of anilines is 1. The van der Waals surface area contributed by atoms with Crippen LogP contribution in [0.1, 0.15) is 50.8 Å². The summed E-state index contributed by atoms with van der Waals surface area (Å²) in [7, 11) is 8.55. The van der Waals surface area contributed by atoms with E-state index in [1.54, 1.807) is 19.0 Å². The smallest absolute Gasteiger partial charge is 0.255 e. The van der Waals surface area contributed by atoms with Crippen LogP contribution in [-0.2, 0) is 32.0 Å². The van der Waals surface area contributed by atoms with Crippen molar-refractivity contribution < 1.29 is 34.1 Å². The normalized spacial score (nSPS) is 25.4. The number of nitrogens with zero attached hydrogens (tertiary/aromatic N) is 2. The number of primary amides is 1. The number of fused-ring (bicyclic) bond motifs is 3. The second-order valence-corrected chi connectivity index (χ2v) is 13.6. The Bertz CT molecular complexity index is 1470. The number of likely N-dealkylation sites (N-methyl/N-ethyl adjacent to an activating group) is 1. The number of nitrogens with one attached hydrogen (secondary N) is 1. The van der Waals surface area contributed by atoms with Crippen molar-refractivity contribution in [3.63, 3.8) is 0 Å². The molecule has 43 heavy (non-hydrogen) atoms. The number of ketones is 3. The molecule has 3 aliphatic rings. The third-order valence-electron chi connectivity index (χ3n) is 9.10. The molecule has 11 heteroatoms. The number of carbonyl (C=O) groups excluding carboxylic acids is 4. The highest BCUT2D eigenvalue weighted by molar-refractivity contribution is 6.24. The SMILES string of the molecule is COc1c(CC(=O)CNC(C)(C)C)cc(N(C)C)c2c1C(O)=C1C(=O)[C@]3(C)C(O)=C(C(N)=O)C(=O)[C@@H](N(C)C)[C@@H]3C[C@@H]1C2. The van der Waals surface area contributed by atoms with E-state index in [0.29, 0.717) is 29.7 Å². The molecule has 1 aromatic carbocycles. The highest BCUT2D eigenvalue weighted by Gasteiger charge is 2.62. The number of aliphatic hydroxyl groups excluding tert-OH is 2. The lowest BCUT2D eigenvalue weighted by atomic mass is 9.53. The number of allylic oxidation sites excluding steroid dienone is 2. The molecular formula is C32H44N4O7. The van der Waals surface area contributed by atoms with Gasteiger partial charge >= 0.3 is 0 Å². The van der Waals surface area contributed by atoms with Crippen LogP contribution >= 0.6 is 0 Å². The Balaban J connectivity index is 1.92. The van der Waals surface area contributed by atoms with Gasteiger partial charge in [-0.05, 0) is 72.2 Å². The summed E-state index contributed by atoms with van der Waals surface area (Å²) in [5.74, 6) is -4.16. The van der Waals surface area contributed by atoms with Crippen LogP contribution in [0, 0.1) is 17.3 Å². The maximum Gasteiger partial charge on any atom is 0.255 e. The Morgan fingerprint density at radius 1 is 1.16 bits per heavy atom. The minimum Gasteiger partial charge on any atom is -0.510 e. The van der Waals surface area contributed by atoms with Gasteiger partial charge in [0.25, 0.3) is 5.91 Å². The van der Waals surface area contributed by atoms with E-state index in [1.165, 1.54) is 14.0 Å². The van der Waals surface area contributed by atoms with Crippen molar-refractivity contribution in [2.45, 2.75) is 58.5 Å². The number of hydrogen-bond donors (Lipinski definition) is 4. The Morgan fingerprint density at radius 2 is 1.79 bits per heavy atom. The predicted octanol–water partition coefficient (Wildman–Crippen LogP) is 2.11. The minimum absolute atomic E-state index is 0.0400. The molecule has 4 atom stereocenters. The van der Waals surface area contributed by atoms with E-state index in [2.05, 4.69) is 5.32 Å². The van der Waals surface area contributed by atoms with Crippen LogP contribution in [0.5, 0.6) is 5.75 Å². The molecule has 5 N–H and O–H groups in total. The molecule has 1 saturated carbocycles. The summed E-state index contributed by atoms with van der Waals surface area (Å²) in [5, 5.41) is 26.4. The zero-order valence-electron chi connectivity index (χ0n) is 26.5. The van der Waals surface area contributed by atoms with Crippen LogP contribution in [0.15, 0.2) is 23.0 Å². The van der Waals surface area contributed by atoms with E-state index in [-0.39, 0.29) is 35.6 Å². The van der Waals surface area contributed by atoms with Crippen molar-refractivity contribution in [2.75, 3.05) is 46.7 Å². The van der Waals surface area contributed by atoms with Crippen molar-refractivity contribution in [3.05, 3.63) is 39.7 Å². The second kappa shape index (κ2) is 11.1. The predicted molar refractivity (Wildman–Crippen MR) is 163 cm³/mol. The van der Waals surface area contributed by atoms with Crippen molar-refractivity contribution in [1.82, 2.24) is 10.2 Å². The molecule has 0 radical (unpaired) electrons. The summed E-state index contributed by atoms with van der Waals surface area (Å²) in [6, 6.07) is 1.01. The lowest BCUT2D eigenvalue weighted by Crippen LogP contribution is -2.60. The number of ether oxygens (including phenoxy) is 1. The van der Waals surface area contributed by atoms with Crippen LogP contribution in [0.2, 0.25) is 0 Å². The first-order valence-corrected chi connectivity index (χ1v) is 14.5. The van der Waals surface area contributed by atoms with Crippen LogP contribution in [-0.4, -0.2) is 91.8 Å². The first-order chi connectivity index (χ1) is 19.9. The molecule has 234 valence electrons. The van der Waals surface area contributed by atoms with E-state index in [0.717, 1.165) is 11.3 Å². The van der Waals surface area contributed by atoms with E-state index >= 15 is 0 Å². The minimum atomic E-state index is -1.67. The number of amides is 1. The summed E-state index contributed by atoms with van der Waals surface area (Å²) in [4.78, 5) is 56.7. The first kappa shape index (κ1) is 32.2. The fourth-order valence-electron chi connectivity index (χ4n) is 7.03. The van der Waals surface area contributed by atoms with Crippen molar-refractivity contribution in [1.29, 1.82) is 0 Å². The Morgan fingerprint density at radius 3 is 2.30 bits per heavy atom. The number of benzene rings is 1. The molecule has 1 fully saturated rings. The van der Waals surface area contributed by atoms with E-state index in [4.69, 9.17) is 10.5 Å². The van der Waals surface area contributed by atoms with Crippen molar-refractivity contribution in [2.24, 2.45) is 23.0 Å². The maximum absolute atomic E-state index is 14.4. The summed E-state index contributed by atoms with van der Waals surface area (Å²) in [5.41, 5.74) is 5.55. The number of hydrogen-bond acceptors (Lipinski definition) is 10. The highest BCUT2D eigenvalue weighted by Crippen LogP contribution is 2.57. The fourth-order valence-corrected chi connectivity index (χ4v) is 7.03. The van der Waals surface area contributed by atoms with E-state index in [9.17, 15) is 29.4 Å². The quantitative estimate of drug-likeness (QED) is 0.327. The van der Waals surface area contributed by atoms with Gasteiger partial charge in [0.05, 0.1) is 30.7 Å². The Hall–Kier alpha value is -3.70. The Kier molecular flexibility index (Phi) is 8.31. The zero-order chi connectivity index (χ0) is 32.3. The Labute approximate surface area is 252 Å². The molecule has 0 spiro atoms. The molecule has 0 aliphatic heterocycles. The average molecular weight is 597 g/mol. The molecule has 1 aromatic rings. The largest absolute Gasteiger partial charge is 0.510 e. The molecule has 4 rings (SSSR count). The lowest BCUT2D eigenvalue weighted by Gasteiger charge is -2.51. The van der Waals surface area contributed by atoms with Gasteiger partial charge in [-0.2, -0.15) is 0 Å². The van der Waals surface area contributed by atoms with Crippen molar-refractivity contribution in [3.8, 4) is 5.75 Å². The van der Waals surface area contributed by atoms with E-state index < -0.39 is 52.1 Å². The van der Waals surface area contributed by atoms with E-state index in [1.807, 2.05) is 45.8 Å². The van der Waals surface area contributed by atoms with Gasteiger partial charge < -0.3 is 30.9 Å². The number of rotatable bonds is 8. The van der Waals surface area contributed by atoms with Gasteiger partial charge in [-0.1, -0.05) is 0 Å². The molecule has 11 nitrogen and oxygen atoms in total. The second-order valence-electron chi connectivity index (χ2n) is 13.6.